The average molecular weight is 330 g/mol. The van der Waals surface area contributed by atoms with Crippen molar-refractivity contribution in [1.82, 2.24) is 19.9 Å². The lowest BCUT2D eigenvalue weighted by Crippen LogP contribution is -2.48. The lowest BCUT2D eigenvalue weighted by Gasteiger charge is -2.36. The predicted octanol–water partition coefficient (Wildman–Crippen LogP) is 0.782. The molecule has 0 unspecified atom stereocenters. The molecule has 1 fully saturated rings. The molecule has 7 heteroatoms. The van der Waals surface area contributed by atoms with E-state index in [1.165, 1.54) is 5.69 Å². The number of nitrogens with zero attached hydrogens (tertiary/aromatic N) is 5. The molecule has 0 aliphatic carbocycles. The maximum Gasteiger partial charge on any atom is 0.240 e. The molecule has 0 radical (unpaired) electrons. The molecule has 7 nitrogen and oxygen atoms in total. The van der Waals surface area contributed by atoms with Gasteiger partial charge < -0.3 is 15.2 Å². The second kappa shape index (κ2) is 8.23. The summed E-state index contributed by atoms with van der Waals surface area (Å²) in [6.45, 7) is 7.38. The van der Waals surface area contributed by atoms with E-state index in [9.17, 15) is 0 Å². The molecule has 1 aliphatic rings. The number of nitrogens with two attached hydrogens (primary N) is 1. The maximum atomic E-state index is 5.48. The number of para-hydroxylation sites is 1. The number of rotatable bonds is 7. The Bertz CT molecular complexity index is 609. The van der Waals surface area contributed by atoms with Gasteiger partial charge in [0.2, 0.25) is 5.89 Å². The van der Waals surface area contributed by atoms with E-state index in [-0.39, 0.29) is 0 Å². The summed E-state index contributed by atoms with van der Waals surface area (Å²) >= 11 is 0. The summed E-state index contributed by atoms with van der Waals surface area (Å²) in [5.74, 6) is 1.20. The van der Waals surface area contributed by atoms with Crippen LogP contribution in [0.2, 0.25) is 0 Å². The summed E-state index contributed by atoms with van der Waals surface area (Å²) in [6.07, 6.45) is 0. The van der Waals surface area contributed by atoms with E-state index in [2.05, 4.69) is 62.2 Å². The summed E-state index contributed by atoms with van der Waals surface area (Å²) in [6, 6.07) is 10.6. The molecular formula is C17H26N6O. The number of aromatic nitrogens is 2. The second-order valence-electron chi connectivity index (χ2n) is 6.21. The second-order valence-corrected chi connectivity index (χ2v) is 6.21. The molecule has 1 aliphatic heterocycles. The van der Waals surface area contributed by atoms with Crippen molar-refractivity contribution in [1.29, 1.82) is 0 Å². The fourth-order valence-corrected chi connectivity index (χ4v) is 2.94. The van der Waals surface area contributed by atoms with Crippen LogP contribution in [0.4, 0.5) is 5.69 Å². The molecular weight excluding hydrogens is 304 g/mol. The Morgan fingerprint density at radius 2 is 1.92 bits per heavy atom. The largest absolute Gasteiger partial charge is 0.369 e. The van der Waals surface area contributed by atoms with Gasteiger partial charge in [0.05, 0.1) is 13.1 Å². The highest BCUT2D eigenvalue weighted by Crippen LogP contribution is 2.15. The van der Waals surface area contributed by atoms with Crippen LogP contribution in [0.3, 0.4) is 0 Å². The first-order valence-corrected chi connectivity index (χ1v) is 8.47. The molecule has 130 valence electrons. The minimum absolute atomic E-state index is 0.294. The molecule has 1 saturated heterocycles. The fraction of sp³-hybridized carbons (Fsp3) is 0.529. The number of hydrogen-bond donors (Lipinski definition) is 1. The van der Waals surface area contributed by atoms with Crippen LogP contribution in [0.1, 0.15) is 11.7 Å². The molecule has 3 rings (SSSR count). The van der Waals surface area contributed by atoms with Gasteiger partial charge in [0.15, 0.2) is 5.82 Å². The molecule has 24 heavy (non-hydrogen) atoms. The molecule has 0 spiro atoms. The normalized spacial score (nSPS) is 16.0. The molecule has 2 aromatic rings. The van der Waals surface area contributed by atoms with Gasteiger partial charge in [-0.1, -0.05) is 23.4 Å². The zero-order valence-electron chi connectivity index (χ0n) is 14.3. The first-order valence-electron chi connectivity index (χ1n) is 8.47. The Morgan fingerprint density at radius 3 is 2.58 bits per heavy atom. The van der Waals surface area contributed by atoms with Crippen LogP contribution in [0, 0.1) is 0 Å². The van der Waals surface area contributed by atoms with E-state index in [0.717, 1.165) is 39.3 Å². The molecule has 1 aromatic carbocycles. The van der Waals surface area contributed by atoms with Gasteiger partial charge in [-0.15, -0.1) is 0 Å². The van der Waals surface area contributed by atoms with E-state index < -0.39 is 0 Å². The molecule has 1 aromatic heterocycles. The highest BCUT2D eigenvalue weighted by Gasteiger charge is 2.17. The standard InChI is InChI=1S/C17H26N6O/c1-21(14-16-19-17(13-18)24-20-16)7-8-22-9-11-23(12-10-22)15-5-3-2-4-6-15/h2-6H,7-14,18H2,1H3. The summed E-state index contributed by atoms with van der Waals surface area (Å²) in [7, 11) is 2.08. The molecule has 0 saturated carbocycles. The van der Waals surface area contributed by atoms with Crippen molar-refractivity contribution >= 4 is 5.69 Å². The zero-order valence-corrected chi connectivity index (χ0v) is 14.3. The third kappa shape index (κ3) is 4.53. The summed E-state index contributed by atoms with van der Waals surface area (Å²) < 4.78 is 5.03. The topological polar surface area (TPSA) is 74.7 Å². The third-order valence-corrected chi connectivity index (χ3v) is 4.39. The van der Waals surface area contributed by atoms with Crippen LogP contribution < -0.4 is 10.6 Å². The lowest BCUT2D eigenvalue weighted by molar-refractivity contribution is 0.209. The first-order chi connectivity index (χ1) is 11.7. The van der Waals surface area contributed by atoms with Gasteiger partial charge in [-0.05, 0) is 19.2 Å². The van der Waals surface area contributed by atoms with Crippen LogP contribution in [0.5, 0.6) is 0 Å². The number of likely N-dealkylation sites (N-methyl/N-ethyl adjacent to an activating group) is 1. The average Bonchev–Trinajstić information content (AvgIpc) is 3.09. The van der Waals surface area contributed by atoms with E-state index in [1.54, 1.807) is 0 Å². The Labute approximate surface area is 143 Å². The molecule has 2 heterocycles. The molecule has 0 amide bonds. The fourth-order valence-electron chi connectivity index (χ4n) is 2.94. The Kier molecular flexibility index (Phi) is 5.79. The maximum absolute atomic E-state index is 5.48. The summed E-state index contributed by atoms with van der Waals surface area (Å²) in [4.78, 5) is 11.4. The zero-order chi connectivity index (χ0) is 16.8. The van der Waals surface area contributed by atoms with Gasteiger partial charge in [-0.2, -0.15) is 4.98 Å². The minimum atomic E-state index is 0.294. The van der Waals surface area contributed by atoms with Gasteiger partial charge >= 0.3 is 0 Å². The van der Waals surface area contributed by atoms with E-state index >= 15 is 0 Å². The van der Waals surface area contributed by atoms with Crippen LogP contribution in [-0.2, 0) is 13.1 Å². The molecule has 2 N–H and O–H groups in total. The number of hydrogen-bond acceptors (Lipinski definition) is 7. The number of piperazine rings is 1. The van der Waals surface area contributed by atoms with Crippen molar-refractivity contribution < 1.29 is 4.52 Å². The van der Waals surface area contributed by atoms with Crippen LogP contribution in [0.15, 0.2) is 34.9 Å². The van der Waals surface area contributed by atoms with Gasteiger partial charge in [-0.3, -0.25) is 9.80 Å². The van der Waals surface area contributed by atoms with Crippen molar-refractivity contribution in [2.45, 2.75) is 13.1 Å². The Hall–Kier alpha value is -1.96. The highest BCUT2D eigenvalue weighted by atomic mass is 16.5. The Morgan fingerprint density at radius 1 is 1.17 bits per heavy atom. The summed E-state index contributed by atoms with van der Waals surface area (Å²) in [5, 5.41) is 3.94. The monoisotopic (exact) mass is 330 g/mol. The van der Waals surface area contributed by atoms with Gasteiger partial charge in [0, 0.05) is 45.0 Å². The number of anilines is 1. The first kappa shape index (κ1) is 16.9. The van der Waals surface area contributed by atoms with Crippen molar-refractivity contribution in [3.63, 3.8) is 0 Å². The number of benzene rings is 1. The van der Waals surface area contributed by atoms with Crippen molar-refractivity contribution in [2.75, 3.05) is 51.2 Å². The van der Waals surface area contributed by atoms with E-state index in [4.69, 9.17) is 10.3 Å². The van der Waals surface area contributed by atoms with Crippen LogP contribution in [0.25, 0.3) is 0 Å². The van der Waals surface area contributed by atoms with Crippen molar-refractivity contribution in [2.24, 2.45) is 5.73 Å². The minimum Gasteiger partial charge on any atom is -0.369 e. The quantitative estimate of drug-likeness (QED) is 0.804. The van der Waals surface area contributed by atoms with Crippen molar-refractivity contribution in [3.05, 3.63) is 42.0 Å². The summed E-state index contributed by atoms with van der Waals surface area (Å²) in [5.41, 5.74) is 6.80. The van der Waals surface area contributed by atoms with Gasteiger partial charge in [-0.25, -0.2) is 0 Å². The third-order valence-electron chi connectivity index (χ3n) is 4.39. The van der Waals surface area contributed by atoms with Crippen molar-refractivity contribution in [3.8, 4) is 0 Å². The SMILES string of the molecule is CN(CCN1CCN(c2ccccc2)CC1)Cc1noc(CN)n1. The lowest BCUT2D eigenvalue weighted by atomic mass is 10.2. The predicted molar refractivity (Wildman–Crippen MR) is 93.6 cm³/mol. The van der Waals surface area contributed by atoms with Gasteiger partial charge in [0.25, 0.3) is 0 Å². The van der Waals surface area contributed by atoms with Crippen LogP contribution in [-0.4, -0.2) is 66.3 Å². The Balaban J connectivity index is 1.38. The molecule has 0 bridgehead atoms. The molecule has 0 atom stereocenters. The smallest absolute Gasteiger partial charge is 0.240 e. The van der Waals surface area contributed by atoms with E-state index in [0.29, 0.717) is 24.8 Å². The highest BCUT2D eigenvalue weighted by molar-refractivity contribution is 5.46. The van der Waals surface area contributed by atoms with Crippen LogP contribution >= 0.6 is 0 Å². The van der Waals surface area contributed by atoms with E-state index in [1.807, 2.05) is 0 Å². The van der Waals surface area contributed by atoms with Gasteiger partial charge in [0.1, 0.15) is 0 Å².